The smallest absolute Gasteiger partial charge is 0.271 e. The van der Waals surface area contributed by atoms with Gasteiger partial charge in [0.15, 0.2) is 0 Å². The Morgan fingerprint density at radius 2 is 1.89 bits per heavy atom. The molecule has 7 nitrogen and oxygen atoms in total. The van der Waals surface area contributed by atoms with Crippen molar-refractivity contribution in [3.8, 4) is 11.3 Å². The Hall–Kier alpha value is -2.93. The van der Waals surface area contributed by atoms with Crippen LogP contribution < -0.4 is 0 Å². The van der Waals surface area contributed by atoms with Crippen LogP contribution in [0.25, 0.3) is 11.3 Å². The Kier molecular flexibility index (Phi) is 5.53. The van der Waals surface area contributed by atoms with E-state index in [0.717, 1.165) is 62.8 Å². The van der Waals surface area contributed by atoms with Crippen molar-refractivity contribution in [2.75, 3.05) is 32.7 Å². The summed E-state index contributed by atoms with van der Waals surface area (Å²) in [5, 5.41) is 7.20. The number of benzene rings is 1. The van der Waals surface area contributed by atoms with Gasteiger partial charge in [0.1, 0.15) is 11.5 Å². The first-order chi connectivity index (χ1) is 13.7. The Balaban J connectivity index is 1.30. The molecule has 0 aliphatic carbocycles. The number of nitrogens with one attached hydrogen (secondary N) is 1. The minimum absolute atomic E-state index is 0.0252. The Morgan fingerprint density at radius 3 is 2.64 bits per heavy atom. The zero-order chi connectivity index (χ0) is 19.3. The Bertz CT molecular complexity index is 908. The first kappa shape index (κ1) is 18.4. The predicted molar refractivity (Wildman–Crippen MR) is 108 cm³/mol. The van der Waals surface area contributed by atoms with Gasteiger partial charge in [-0.05, 0) is 6.07 Å². The van der Waals surface area contributed by atoms with Crippen LogP contribution in [0.2, 0.25) is 0 Å². The Morgan fingerprint density at radius 1 is 1.11 bits per heavy atom. The van der Waals surface area contributed by atoms with E-state index in [-0.39, 0.29) is 5.91 Å². The molecule has 146 valence electrons. The molecular weight excluding hydrogens is 352 g/mol. The summed E-state index contributed by atoms with van der Waals surface area (Å²) in [6.45, 7) is 7.31. The number of hydrogen-bond donors (Lipinski definition) is 1. The number of carbonyl (C=O) groups is 1. The SMILES string of the molecule is CCc1nccn1CCN1CCN(C(=O)c2cc(-c3ccccc3)n[nH]2)CC1. The molecule has 1 saturated heterocycles. The van der Waals surface area contributed by atoms with Crippen LogP contribution in [-0.4, -0.2) is 68.2 Å². The summed E-state index contributed by atoms with van der Waals surface area (Å²) in [7, 11) is 0. The summed E-state index contributed by atoms with van der Waals surface area (Å²) in [6, 6.07) is 11.7. The van der Waals surface area contributed by atoms with Crippen molar-refractivity contribution in [1.82, 2.24) is 29.5 Å². The van der Waals surface area contributed by atoms with Crippen molar-refractivity contribution in [2.45, 2.75) is 19.9 Å². The third-order valence-electron chi connectivity index (χ3n) is 5.31. The molecule has 1 aliphatic heterocycles. The standard InChI is InChI=1S/C21H26N6O/c1-2-20-22-8-9-26(20)13-10-25-11-14-27(15-12-25)21(28)19-16-18(23-24-19)17-6-4-3-5-7-17/h3-9,16H,2,10-15H2,1H3,(H,23,24). The van der Waals surface area contributed by atoms with Gasteiger partial charge in [-0.3, -0.25) is 14.8 Å². The highest BCUT2D eigenvalue weighted by Gasteiger charge is 2.23. The van der Waals surface area contributed by atoms with E-state index in [1.807, 2.05) is 53.7 Å². The summed E-state index contributed by atoms with van der Waals surface area (Å²) in [5.74, 6) is 1.15. The number of aryl methyl sites for hydroxylation is 1. The average molecular weight is 378 g/mol. The van der Waals surface area contributed by atoms with Gasteiger partial charge in [-0.15, -0.1) is 0 Å². The number of aromatic nitrogens is 4. The number of rotatable bonds is 6. The highest BCUT2D eigenvalue weighted by molar-refractivity contribution is 5.93. The molecule has 1 N–H and O–H groups in total. The van der Waals surface area contributed by atoms with Crippen molar-refractivity contribution < 1.29 is 4.79 Å². The Labute approximate surface area is 165 Å². The van der Waals surface area contributed by atoms with Crippen molar-refractivity contribution in [3.05, 3.63) is 60.3 Å². The second-order valence-electron chi connectivity index (χ2n) is 7.06. The van der Waals surface area contributed by atoms with Crippen molar-refractivity contribution >= 4 is 5.91 Å². The average Bonchev–Trinajstić information content (AvgIpc) is 3.42. The quantitative estimate of drug-likeness (QED) is 0.715. The molecule has 0 unspecified atom stereocenters. The maximum atomic E-state index is 12.8. The number of aromatic amines is 1. The van der Waals surface area contributed by atoms with E-state index >= 15 is 0 Å². The molecule has 28 heavy (non-hydrogen) atoms. The van der Waals surface area contributed by atoms with Crippen LogP contribution in [0.1, 0.15) is 23.2 Å². The summed E-state index contributed by atoms with van der Waals surface area (Å²) in [4.78, 5) is 21.5. The van der Waals surface area contributed by atoms with Crippen LogP contribution in [0.4, 0.5) is 0 Å². The van der Waals surface area contributed by atoms with Gasteiger partial charge in [0.2, 0.25) is 0 Å². The van der Waals surface area contributed by atoms with Crippen LogP contribution in [0.5, 0.6) is 0 Å². The zero-order valence-electron chi connectivity index (χ0n) is 16.2. The summed E-state index contributed by atoms with van der Waals surface area (Å²) < 4.78 is 2.22. The number of amides is 1. The lowest BCUT2D eigenvalue weighted by atomic mass is 10.1. The van der Waals surface area contributed by atoms with E-state index < -0.39 is 0 Å². The number of H-pyrrole nitrogens is 1. The molecule has 7 heteroatoms. The fraction of sp³-hybridized carbons (Fsp3) is 0.381. The summed E-state index contributed by atoms with van der Waals surface area (Å²) >= 11 is 0. The number of carbonyl (C=O) groups excluding carboxylic acids is 1. The number of nitrogens with zero attached hydrogens (tertiary/aromatic N) is 5. The highest BCUT2D eigenvalue weighted by atomic mass is 16.2. The normalized spacial score (nSPS) is 15.1. The van der Waals surface area contributed by atoms with Crippen LogP contribution in [0, 0.1) is 0 Å². The van der Waals surface area contributed by atoms with E-state index in [1.165, 1.54) is 0 Å². The van der Waals surface area contributed by atoms with Crippen LogP contribution in [0.15, 0.2) is 48.8 Å². The van der Waals surface area contributed by atoms with E-state index in [1.54, 1.807) is 0 Å². The van der Waals surface area contributed by atoms with Gasteiger partial charge in [-0.2, -0.15) is 5.10 Å². The first-order valence-corrected chi connectivity index (χ1v) is 9.87. The van der Waals surface area contributed by atoms with Gasteiger partial charge in [-0.25, -0.2) is 4.98 Å². The molecule has 4 rings (SSSR count). The largest absolute Gasteiger partial charge is 0.335 e. The molecule has 2 aromatic heterocycles. The molecule has 1 amide bonds. The maximum Gasteiger partial charge on any atom is 0.271 e. The van der Waals surface area contributed by atoms with Gasteiger partial charge in [0, 0.05) is 63.6 Å². The van der Waals surface area contributed by atoms with Crippen LogP contribution in [0.3, 0.4) is 0 Å². The van der Waals surface area contributed by atoms with E-state index in [0.29, 0.717) is 5.69 Å². The molecule has 3 aromatic rings. The molecule has 3 heterocycles. The summed E-state index contributed by atoms with van der Waals surface area (Å²) in [5.41, 5.74) is 2.36. The number of hydrogen-bond acceptors (Lipinski definition) is 4. The molecular formula is C21H26N6O. The number of piperazine rings is 1. The second-order valence-corrected chi connectivity index (χ2v) is 7.06. The van der Waals surface area contributed by atoms with Gasteiger partial charge in [0.05, 0.1) is 5.69 Å². The van der Waals surface area contributed by atoms with Crippen LogP contribution in [-0.2, 0) is 13.0 Å². The van der Waals surface area contributed by atoms with Crippen molar-refractivity contribution in [1.29, 1.82) is 0 Å². The second kappa shape index (κ2) is 8.39. The van der Waals surface area contributed by atoms with Gasteiger partial charge < -0.3 is 9.47 Å². The molecule has 1 aromatic carbocycles. The van der Waals surface area contributed by atoms with E-state index in [4.69, 9.17) is 0 Å². The summed E-state index contributed by atoms with van der Waals surface area (Å²) in [6.07, 6.45) is 4.86. The maximum absolute atomic E-state index is 12.8. The predicted octanol–water partition coefficient (Wildman–Crippen LogP) is 2.29. The fourth-order valence-corrected chi connectivity index (χ4v) is 3.64. The highest BCUT2D eigenvalue weighted by Crippen LogP contribution is 2.18. The molecule has 1 aliphatic rings. The van der Waals surface area contributed by atoms with E-state index in [9.17, 15) is 4.79 Å². The van der Waals surface area contributed by atoms with E-state index in [2.05, 4.69) is 31.6 Å². The van der Waals surface area contributed by atoms with Crippen molar-refractivity contribution in [3.63, 3.8) is 0 Å². The minimum atomic E-state index is 0.0252. The molecule has 1 fully saturated rings. The molecule has 0 radical (unpaired) electrons. The molecule has 0 saturated carbocycles. The first-order valence-electron chi connectivity index (χ1n) is 9.87. The zero-order valence-corrected chi connectivity index (χ0v) is 16.2. The lowest BCUT2D eigenvalue weighted by molar-refractivity contribution is 0.0627. The molecule has 0 spiro atoms. The number of imidazole rings is 1. The fourth-order valence-electron chi connectivity index (χ4n) is 3.64. The minimum Gasteiger partial charge on any atom is -0.335 e. The molecule has 0 bridgehead atoms. The van der Waals surface area contributed by atoms with Gasteiger partial charge in [-0.1, -0.05) is 37.3 Å². The lowest BCUT2D eigenvalue weighted by Crippen LogP contribution is -2.49. The van der Waals surface area contributed by atoms with Gasteiger partial charge >= 0.3 is 0 Å². The van der Waals surface area contributed by atoms with Gasteiger partial charge in [0.25, 0.3) is 5.91 Å². The monoisotopic (exact) mass is 378 g/mol. The third-order valence-corrected chi connectivity index (χ3v) is 5.31. The topological polar surface area (TPSA) is 70.1 Å². The van der Waals surface area contributed by atoms with Crippen molar-refractivity contribution in [2.24, 2.45) is 0 Å². The third kappa shape index (κ3) is 3.99. The molecule has 0 atom stereocenters. The lowest BCUT2D eigenvalue weighted by Gasteiger charge is -2.34. The van der Waals surface area contributed by atoms with Crippen LogP contribution >= 0.6 is 0 Å².